The van der Waals surface area contributed by atoms with Gasteiger partial charge in [-0.3, -0.25) is 0 Å². The third-order valence-corrected chi connectivity index (χ3v) is 4.50. The number of carbonyl (C=O) groups is 1. The van der Waals surface area contributed by atoms with Crippen molar-refractivity contribution in [1.82, 2.24) is 0 Å². The molecule has 3 rings (SSSR count). The van der Waals surface area contributed by atoms with Crippen LogP contribution in [-0.4, -0.2) is 31.5 Å². The van der Waals surface area contributed by atoms with Crippen molar-refractivity contribution >= 4 is 11.8 Å². The van der Waals surface area contributed by atoms with Crippen molar-refractivity contribution in [3.8, 4) is 5.75 Å². The highest BCUT2D eigenvalue weighted by atomic mass is 19.1. The van der Waals surface area contributed by atoms with Crippen LogP contribution < -0.4 is 9.64 Å². The number of ether oxygens (including phenoxy) is 3. The summed E-state index contributed by atoms with van der Waals surface area (Å²) in [5.74, 6) is 0.547. The molecule has 28 heavy (non-hydrogen) atoms. The predicted molar refractivity (Wildman–Crippen MR) is 105 cm³/mol. The van der Waals surface area contributed by atoms with Gasteiger partial charge in [0.2, 0.25) is 0 Å². The maximum atomic E-state index is 14.2. The Morgan fingerprint density at radius 2 is 1.96 bits per heavy atom. The van der Waals surface area contributed by atoms with Crippen LogP contribution in [0.1, 0.15) is 31.4 Å². The Labute approximate surface area is 165 Å². The highest BCUT2D eigenvalue weighted by Gasteiger charge is 2.26. The fourth-order valence-corrected chi connectivity index (χ4v) is 3.14. The van der Waals surface area contributed by atoms with Gasteiger partial charge in [-0.1, -0.05) is 18.2 Å². The van der Waals surface area contributed by atoms with E-state index in [1.54, 1.807) is 19.9 Å². The van der Waals surface area contributed by atoms with Crippen molar-refractivity contribution in [3.63, 3.8) is 0 Å². The monoisotopic (exact) mass is 387 g/mol. The summed E-state index contributed by atoms with van der Waals surface area (Å²) in [6.45, 7) is 6.97. The summed E-state index contributed by atoms with van der Waals surface area (Å²) in [4.78, 5) is 13.4. The highest BCUT2D eigenvalue weighted by molar-refractivity contribution is 5.60. The van der Waals surface area contributed by atoms with Gasteiger partial charge in [-0.25, -0.2) is 9.18 Å². The Bertz CT molecular complexity index is 807. The predicted octanol–water partition coefficient (Wildman–Crippen LogP) is 4.85. The minimum absolute atomic E-state index is 0.00354. The first-order valence-electron chi connectivity index (χ1n) is 9.51. The van der Waals surface area contributed by atoms with Gasteiger partial charge in [0.25, 0.3) is 0 Å². The lowest BCUT2D eigenvalue weighted by Crippen LogP contribution is -2.25. The number of benzene rings is 2. The first-order valence-corrected chi connectivity index (χ1v) is 9.51. The number of carbonyl (C=O) groups excluding carboxylic acids is 1. The number of anilines is 1. The quantitative estimate of drug-likeness (QED) is 0.663. The van der Waals surface area contributed by atoms with Gasteiger partial charge in [0, 0.05) is 13.0 Å². The zero-order chi connectivity index (χ0) is 20.1. The Morgan fingerprint density at radius 1 is 1.21 bits per heavy atom. The molecule has 6 heteroatoms. The molecule has 0 N–H and O–H groups in total. The van der Waals surface area contributed by atoms with Crippen molar-refractivity contribution in [2.45, 2.75) is 46.0 Å². The maximum absolute atomic E-state index is 14.2. The van der Waals surface area contributed by atoms with E-state index in [1.807, 2.05) is 48.2 Å². The summed E-state index contributed by atoms with van der Waals surface area (Å²) in [5, 5.41) is 0. The van der Waals surface area contributed by atoms with Gasteiger partial charge in [-0.05, 0) is 56.2 Å². The molecule has 0 bridgehead atoms. The van der Waals surface area contributed by atoms with Crippen LogP contribution in [0.15, 0.2) is 42.5 Å². The van der Waals surface area contributed by atoms with E-state index in [2.05, 4.69) is 0 Å². The van der Waals surface area contributed by atoms with Crippen LogP contribution in [0.2, 0.25) is 0 Å². The molecule has 2 aromatic rings. The number of nitrogens with zero attached hydrogens (tertiary/aromatic N) is 1. The average Bonchev–Trinajstić information content (AvgIpc) is 3.08. The first kappa shape index (κ1) is 20.0. The van der Waals surface area contributed by atoms with Gasteiger partial charge in [0.1, 0.15) is 24.3 Å². The largest absolute Gasteiger partial charge is 0.508 e. The Kier molecular flexibility index (Phi) is 6.39. The summed E-state index contributed by atoms with van der Waals surface area (Å²) in [7, 11) is 0. The summed E-state index contributed by atoms with van der Waals surface area (Å²) >= 11 is 0. The Morgan fingerprint density at radius 3 is 2.64 bits per heavy atom. The van der Waals surface area contributed by atoms with Gasteiger partial charge in [-0.15, -0.1) is 0 Å². The van der Waals surface area contributed by atoms with E-state index in [1.165, 1.54) is 0 Å². The maximum Gasteiger partial charge on any atom is 0.508 e. The van der Waals surface area contributed by atoms with Gasteiger partial charge in [0.05, 0.1) is 18.3 Å². The zero-order valence-corrected chi connectivity index (χ0v) is 16.5. The molecule has 0 amide bonds. The fourth-order valence-electron chi connectivity index (χ4n) is 3.14. The van der Waals surface area contributed by atoms with Crippen LogP contribution in [0, 0.1) is 12.7 Å². The second-order valence-corrected chi connectivity index (χ2v) is 7.28. The van der Waals surface area contributed by atoms with Gasteiger partial charge >= 0.3 is 6.16 Å². The van der Waals surface area contributed by atoms with Crippen LogP contribution in [-0.2, 0) is 16.1 Å². The molecule has 0 saturated carbocycles. The van der Waals surface area contributed by atoms with Crippen LogP contribution in [0.3, 0.4) is 0 Å². The van der Waals surface area contributed by atoms with Crippen molar-refractivity contribution in [1.29, 1.82) is 0 Å². The minimum Gasteiger partial charge on any atom is -0.489 e. The number of rotatable bonds is 6. The van der Waals surface area contributed by atoms with Gasteiger partial charge in [-0.2, -0.15) is 0 Å². The summed E-state index contributed by atoms with van der Waals surface area (Å²) in [6.07, 6.45) is -0.0460. The fraction of sp³-hybridized carbons (Fsp3) is 0.409. The second-order valence-electron chi connectivity index (χ2n) is 7.28. The van der Waals surface area contributed by atoms with Crippen molar-refractivity contribution in [3.05, 3.63) is 59.4 Å². The lowest BCUT2D eigenvalue weighted by Gasteiger charge is -2.20. The van der Waals surface area contributed by atoms with Crippen LogP contribution in [0.5, 0.6) is 5.75 Å². The molecule has 1 atom stereocenters. The summed E-state index contributed by atoms with van der Waals surface area (Å²) < 4.78 is 30.2. The van der Waals surface area contributed by atoms with E-state index in [-0.39, 0.29) is 24.6 Å². The van der Waals surface area contributed by atoms with E-state index in [9.17, 15) is 9.18 Å². The molecule has 1 aliphatic heterocycles. The molecule has 1 saturated heterocycles. The van der Waals surface area contributed by atoms with Crippen LogP contribution in [0.25, 0.3) is 0 Å². The summed E-state index contributed by atoms with van der Waals surface area (Å²) in [5.41, 5.74) is 2.38. The third-order valence-electron chi connectivity index (χ3n) is 4.50. The van der Waals surface area contributed by atoms with E-state index in [0.29, 0.717) is 12.2 Å². The number of aryl methyl sites for hydroxylation is 1. The minimum atomic E-state index is -0.676. The normalized spacial score (nSPS) is 16.3. The van der Waals surface area contributed by atoms with Crippen molar-refractivity contribution in [2.75, 3.05) is 18.0 Å². The Balaban J connectivity index is 1.50. The lowest BCUT2D eigenvalue weighted by atomic mass is 10.2. The highest BCUT2D eigenvalue weighted by Crippen LogP contribution is 2.26. The van der Waals surface area contributed by atoms with Crippen molar-refractivity contribution < 1.29 is 23.4 Å². The van der Waals surface area contributed by atoms with Gasteiger partial charge in [0.15, 0.2) is 0 Å². The Hall–Kier alpha value is -2.76. The molecule has 150 valence electrons. The first-order chi connectivity index (χ1) is 13.4. The molecule has 1 aliphatic rings. The molecular weight excluding hydrogens is 361 g/mol. The lowest BCUT2D eigenvalue weighted by molar-refractivity contribution is 0.0298. The second kappa shape index (κ2) is 8.95. The molecular formula is C22H26FNO4. The van der Waals surface area contributed by atoms with E-state index in [4.69, 9.17) is 14.2 Å². The third kappa shape index (κ3) is 5.38. The molecule has 5 nitrogen and oxygen atoms in total. The molecule has 0 spiro atoms. The zero-order valence-electron chi connectivity index (χ0n) is 16.5. The average molecular weight is 387 g/mol. The standard InChI is InChI=1S/C22H26FNO4/c1-15(2)27-22(25)26-14-17-5-7-18(8-6-17)28-19-10-11-24(13-19)21-9-4-16(3)12-20(21)23/h4-9,12,15,19H,10-11,13-14H2,1-3H3/t19-/m1/s1. The molecule has 0 aromatic heterocycles. The molecule has 0 unspecified atom stereocenters. The van der Waals surface area contributed by atoms with E-state index >= 15 is 0 Å². The number of halogens is 1. The summed E-state index contributed by atoms with van der Waals surface area (Å²) in [6, 6.07) is 12.7. The van der Waals surface area contributed by atoms with Crippen molar-refractivity contribution in [2.24, 2.45) is 0 Å². The smallest absolute Gasteiger partial charge is 0.489 e. The number of hydrogen-bond acceptors (Lipinski definition) is 5. The van der Waals surface area contributed by atoms with Crippen LogP contribution in [0.4, 0.5) is 14.9 Å². The van der Waals surface area contributed by atoms with E-state index < -0.39 is 6.16 Å². The SMILES string of the molecule is Cc1ccc(N2CC[C@@H](Oc3ccc(COC(=O)OC(C)C)cc3)C2)c(F)c1. The molecule has 0 aliphatic carbocycles. The van der Waals surface area contributed by atoms with Gasteiger partial charge < -0.3 is 19.1 Å². The molecule has 2 aromatic carbocycles. The van der Waals surface area contributed by atoms with E-state index in [0.717, 1.165) is 29.8 Å². The molecule has 1 heterocycles. The molecule has 1 fully saturated rings. The van der Waals surface area contributed by atoms with Crippen LogP contribution >= 0.6 is 0 Å². The number of hydrogen-bond donors (Lipinski definition) is 0. The molecule has 0 radical (unpaired) electrons. The topological polar surface area (TPSA) is 48.0 Å².